The quantitative estimate of drug-likeness (QED) is 0.766. The number of nitrogens with two attached hydrogens (primary N) is 1. The standard InChI is InChI=1S/C19H24N6/c20-18-7-6-16(13-22-18)23-15-3-2-10-24(11-8-15)14-17-4-1-5-19-21-9-12-25(17)19/h1,4-7,9,12-13,15,23H,2-3,8,10-11,14H2,(H2,20,22)/t15-/m0/s1. The van der Waals surface area contributed by atoms with Crippen molar-refractivity contribution in [3.05, 3.63) is 54.6 Å². The van der Waals surface area contributed by atoms with E-state index in [0.29, 0.717) is 11.9 Å². The molecule has 25 heavy (non-hydrogen) atoms. The Hall–Kier alpha value is -2.60. The Kier molecular flexibility index (Phi) is 4.52. The van der Waals surface area contributed by atoms with Crippen LogP contribution >= 0.6 is 0 Å². The minimum absolute atomic E-state index is 0.486. The summed E-state index contributed by atoms with van der Waals surface area (Å²) in [4.78, 5) is 11.1. The Balaban J connectivity index is 1.38. The third kappa shape index (κ3) is 3.74. The first-order chi connectivity index (χ1) is 12.3. The molecule has 1 aliphatic heterocycles. The molecule has 3 N–H and O–H groups in total. The average Bonchev–Trinajstić information content (AvgIpc) is 3.00. The van der Waals surface area contributed by atoms with Crippen molar-refractivity contribution in [3.63, 3.8) is 0 Å². The zero-order chi connectivity index (χ0) is 17.1. The number of hydrogen-bond donors (Lipinski definition) is 2. The molecule has 130 valence electrons. The van der Waals surface area contributed by atoms with Gasteiger partial charge in [-0.15, -0.1) is 0 Å². The second-order valence-electron chi connectivity index (χ2n) is 6.69. The number of pyridine rings is 2. The fourth-order valence-corrected chi connectivity index (χ4v) is 3.55. The first-order valence-corrected chi connectivity index (χ1v) is 8.89. The summed E-state index contributed by atoms with van der Waals surface area (Å²) in [7, 11) is 0. The summed E-state index contributed by atoms with van der Waals surface area (Å²) in [5.74, 6) is 0.561. The molecule has 3 aromatic heterocycles. The van der Waals surface area contributed by atoms with Crippen LogP contribution < -0.4 is 11.1 Å². The van der Waals surface area contributed by atoms with E-state index in [0.717, 1.165) is 37.4 Å². The number of nitrogens with one attached hydrogen (secondary N) is 1. The molecule has 4 heterocycles. The van der Waals surface area contributed by atoms with Crippen molar-refractivity contribution in [3.8, 4) is 0 Å². The smallest absolute Gasteiger partial charge is 0.136 e. The van der Waals surface area contributed by atoms with Crippen LogP contribution in [0.15, 0.2) is 48.9 Å². The van der Waals surface area contributed by atoms with E-state index in [1.165, 1.54) is 18.5 Å². The first-order valence-electron chi connectivity index (χ1n) is 8.89. The zero-order valence-electron chi connectivity index (χ0n) is 14.3. The van der Waals surface area contributed by atoms with Crippen LogP contribution in [0.3, 0.4) is 0 Å². The van der Waals surface area contributed by atoms with Crippen LogP contribution in [-0.2, 0) is 6.54 Å². The van der Waals surface area contributed by atoms with Gasteiger partial charge in [0.1, 0.15) is 11.5 Å². The van der Waals surface area contributed by atoms with E-state index < -0.39 is 0 Å². The lowest BCUT2D eigenvalue weighted by Gasteiger charge is -2.21. The van der Waals surface area contributed by atoms with Gasteiger partial charge in [-0.2, -0.15) is 0 Å². The van der Waals surface area contributed by atoms with Crippen molar-refractivity contribution >= 4 is 17.2 Å². The van der Waals surface area contributed by atoms with Crippen molar-refractivity contribution < 1.29 is 0 Å². The highest BCUT2D eigenvalue weighted by atomic mass is 15.1. The highest BCUT2D eigenvalue weighted by Gasteiger charge is 2.18. The van der Waals surface area contributed by atoms with Gasteiger partial charge in [0.05, 0.1) is 11.9 Å². The van der Waals surface area contributed by atoms with Gasteiger partial charge in [0.25, 0.3) is 0 Å². The van der Waals surface area contributed by atoms with Crippen LogP contribution in [0, 0.1) is 0 Å². The Morgan fingerprint density at radius 2 is 2.08 bits per heavy atom. The molecule has 0 radical (unpaired) electrons. The van der Waals surface area contributed by atoms with Gasteiger partial charge in [-0.1, -0.05) is 6.07 Å². The molecule has 0 amide bonds. The normalized spacial score (nSPS) is 19.0. The molecule has 0 aromatic carbocycles. The van der Waals surface area contributed by atoms with E-state index in [9.17, 15) is 0 Å². The van der Waals surface area contributed by atoms with E-state index >= 15 is 0 Å². The molecule has 1 aliphatic rings. The van der Waals surface area contributed by atoms with E-state index in [1.54, 1.807) is 0 Å². The average molecular weight is 336 g/mol. The molecule has 3 aromatic rings. The molecule has 1 atom stereocenters. The number of hydrogen-bond acceptors (Lipinski definition) is 5. The van der Waals surface area contributed by atoms with E-state index in [4.69, 9.17) is 5.73 Å². The predicted octanol–water partition coefficient (Wildman–Crippen LogP) is 2.78. The van der Waals surface area contributed by atoms with Crippen molar-refractivity contribution in [1.82, 2.24) is 19.3 Å². The lowest BCUT2D eigenvalue weighted by atomic mass is 10.1. The van der Waals surface area contributed by atoms with Gasteiger partial charge in [-0.05, 0) is 50.1 Å². The molecule has 0 unspecified atom stereocenters. The van der Waals surface area contributed by atoms with E-state index in [2.05, 4.69) is 36.7 Å². The van der Waals surface area contributed by atoms with Gasteiger partial charge in [0, 0.05) is 37.2 Å². The van der Waals surface area contributed by atoms with Crippen LogP contribution in [0.2, 0.25) is 0 Å². The zero-order valence-corrected chi connectivity index (χ0v) is 14.3. The van der Waals surface area contributed by atoms with Gasteiger partial charge < -0.3 is 15.5 Å². The van der Waals surface area contributed by atoms with Crippen molar-refractivity contribution in [2.24, 2.45) is 0 Å². The maximum absolute atomic E-state index is 5.66. The molecule has 1 fully saturated rings. The number of imidazole rings is 1. The van der Waals surface area contributed by atoms with Crippen LogP contribution in [0.25, 0.3) is 5.65 Å². The van der Waals surface area contributed by atoms with Crippen LogP contribution in [0.5, 0.6) is 0 Å². The number of nitrogens with zero attached hydrogens (tertiary/aromatic N) is 4. The van der Waals surface area contributed by atoms with Gasteiger partial charge in [0.15, 0.2) is 0 Å². The minimum atomic E-state index is 0.486. The fourth-order valence-electron chi connectivity index (χ4n) is 3.55. The Morgan fingerprint density at radius 3 is 2.96 bits per heavy atom. The van der Waals surface area contributed by atoms with Gasteiger partial charge >= 0.3 is 0 Å². The maximum atomic E-state index is 5.66. The van der Waals surface area contributed by atoms with Gasteiger partial charge in [-0.25, -0.2) is 9.97 Å². The third-order valence-electron chi connectivity index (χ3n) is 4.88. The first kappa shape index (κ1) is 15.9. The lowest BCUT2D eigenvalue weighted by molar-refractivity contribution is 0.272. The summed E-state index contributed by atoms with van der Waals surface area (Å²) in [6.45, 7) is 3.18. The van der Waals surface area contributed by atoms with Crippen molar-refractivity contribution in [2.75, 3.05) is 24.1 Å². The monoisotopic (exact) mass is 336 g/mol. The molecule has 0 spiro atoms. The topological polar surface area (TPSA) is 71.5 Å². The molecule has 0 aliphatic carbocycles. The van der Waals surface area contributed by atoms with Crippen molar-refractivity contribution in [2.45, 2.75) is 31.8 Å². The second-order valence-corrected chi connectivity index (χ2v) is 6.69. The number of rotatable bonds is 4. The summed E-state index contributed by atoms with van der Waals surface area (Å²) in [6, 6.07) is 10.7. The van der Waals surface area contributed by atoms with Gasteiger partial charge in [-0.3, -0.25) is 4.90 Å². The fraction of sp³-hybridized carbons (Fsp3) is 0.368. The molecule has 6 heteroatoms. The molecule has 6 nitrogen and oxygen atoms in total. The number of nitrogen functional groups attached to an aromatic ring is 1. The molecular formula is C19H24N6. The van der Waals surface area contributed by atoms with Crippen molar-refractivity contribution in [1.29, 1.82) is 0 Å². The third-order valence-corrected chi connectivity index (χ3v) is 4.88. The largest absolute Gasteiger partial charge is 0.384 e. The summed E-state index contributed by atoms with van der Waals surface area (Å²) in [5, 5.41) is 3.60. The number of likely N-dealkylation sites (tertiary alicyclic amines) is 1. The van der Waals surface area contributed by atoms with Crippen LogP contribution in [0.1, 0.15) is 25.0 Å². The molecular weight excluding hydrogens is 312 g/mol. The van der Waals surface area contributed by atoms with Gasteiger partial charge in [0.2, 0.25) is 0 Å². The lowest BCUT2D eigenvalue weighted by Crippen LogP contribution is -2.27. The maximum Gasteiger partial charge on any atom is 0.136 e. The Labute approximate surface area is 147 Å². The number of anilines is 2. The van der Waals surface area contributed by atoms with Crippen LogP contribution in [-0.4, -0.2) is 38.4 Å². The Bertz CT molecular complexity index is 825. The summed E-state index contributed by atoms with van der Waals surface area (Å²) < 4.78 is 2.18. The highest BCUT2D eigenvalue weighted by Crippen LogP contribution is 2.18. The molecule has 0 saturated carbocycles. The highest BCUT2D eigenvalue weighted by molar-refractivity contribution is 5.46. The molecule has 4 rings (SSSR count). The number of aromatic nitrogens is 3. The van der Waals surface area contributed by atoms with Crippen LogP contribution in [0.4, 0.5) is 11.5 Å². The molecule has 0 bridgehead atoms. The minimum Gasteiger partial charge on any atom is -0.384 e. The SMILES string of the molecule is Nc1ccc(N[C@H]2CCCN(Cc3cccc4nccn34)CC2)cn1. The van der Waals surface area contributed by atoms with E-state index in [1.807, 2.05) is 36.8 Å². The summed E-state index contributed by atoms with van der Waals surface area (Å²) in [6.07, 6.45) is 9.22. The number of fused-ring (bicyclic) bond motifs is 1. The summed E-state index contributed by atoms with van der Waals surface area (Å²) >= 11 is 0. The molecule has 1 saturated heterocycles. The van der Waals surface area contributed by atoms with E-state index in [-0.39, 0.29) is 0 Å². The Morgan fingerprint density at radius 1 is 1.12 bits per heavy atom. The second kappa shape index (κ2) is 7.11. The predicted molar refractivity (Wildman–Crippen MR) is 100 cm³/mol. The summed E-state index contributed by atoms with van der Waals surface area (Å²) in [5.41, 5.74) is 9.02.